The van der Waals surface area contributed by atoms with Crippen molar-refractivity contribution in [2.24, 2.45) is 5.41 Å². The number of carbonyl (C=O) groups is 4. The number of hydrogen-bond acceptors (Lipinski definition) is 11. The lowest BCUT2D eigenvalue weighted by atomic mass is 9.84. The average Bonchev–Trinajstić information content (AvgIpc) is 3.80. The molecule has 2 N–H and O–H groups in total. The topological polar surface area (TPSA) is 157 Å². The molecule has 3 aromatic heterocycles. The van der Waals surface area contributed by atoms with Crippen molar-refractivity contribution in [3.63, 3.8) is 0 Å². The summed E-state index contributed by atoms with van der Waals surface area (Å²) in [5, 5.41) is 8.02. The largest absolute Gasteiger partial charge is 0.464 e. The summed E-state index contributed by atoms with van der Waals surface area (Å²) in [6.07, 6.45) is 2.39. The van der Waals surface area contributed by atoms with Gasteiger partial charge in [-0.15, -0.1) is 11.3 Å². The van der Waals surface area contributed by atoms with Gasteiger partial charge in [-0.3, -0.25) is 29.2 Å². The second kappa shape index (κ2) is 21.7. The van der Waals surface area contributed by atoms with E-state index in [0.29, 0.717) is 43.9 Å². The van der Waals surface area contributed by atoms with Crippen molar-refractivity contribution in [1.29, 1.82) is 0 Å². The number of morpholine rings is 1. The van der Waals surface area contributed by atoms with E-state index in [-0.39, 0.29) is 92.2 Å². The quantitative estimate of drug-likeness (QED) is 0.255. The second-order valence-corrected chi connectivity index (χ2v) is 16.5. The normalized spacial score (nSPS) is 20.9. The predicted molar refractivity (Wildman–Crippen MR) is 253 cm³/mol. The van der Waals surface area contributed by atoms with Crippen LogP contribution in [0.3, 0.4) is 0 Å². The molecule has 2 fully saturated rings. The second-order valence-electron chi connectivity index (χ2n) is 15.6. The number of fused-ring (bicyclic) bond motifs is 6. The molecule has 6 bridgehead atoms. The molecule has 0 spiro atoms. The maximum atomic E-state index is 14.2. The van der Waals surface area contributed by atoms with Crippen molar-refractivity contribution in [2.75, 3.05) is 40.0 Å². The average molecular weight is 922 g/mol. The SMILES string of the molecule is CCn1c(-c2cccnc2[C@H](C)OC)c2c3cc(ccc31)-c1csc(n1)C[C@H](NC(=O)[C@@H]1CN(C(C)=O)CCO1)C(=O)N1CCC[C@H](N1)C(=O)OCC(C)(C)C2.S.S.S.S. The van der Waals surface area contributed by atoms with Crippen molar-refractivity contribution in [3.05, 3.63) is 58.2 Å². The Morgan fingerprint density at radius 2 is 1.90 bits per heavy atom. The van der Waals surface area contributed by atoms with E-state index >= 15 is 0 Å². The number of benzene rings is 1. The minimum absolute atomic E-state index is 0. The summed E-state index contributed by atoms with van der Waals surface area (Å²) in [6.45, 7) is 11.7. The van der Waals surface area contributed by atoms with E-state index in [9.17, 15) is 19.2 Å². The fourth-order valence-corrected chi connectivity index (χ4v) is 8.77. The zero-order chi connectivity index (χ0) is 39.7. The number of aromatic nitrogens is 3. The van der Waals surface area contributed by atoms with Gasteiger partial charge >= 0.3 is 5.97 Å². The Balaban J connectivity index is 0.00000240. The number of nitrogens with zero attached hydrogens (tertiary/aromatic N) is 5. The van der Waals surface area contributed by atoms with Gasteiger partial charge in [-0.2, -0.15) is 54.0 Å². The van der Waals surface area contributed by atoms with Gasteiger partial charge in [-0.1, -0.05) is 19.9 Å². The third-order valence-corrected chi connectivity index (χ3v) is 11.8. The van der Waals surface area contributed by atoms with Crippen LogP contribution in [-0.4, -0.2) is 106 Å². The van der Waals surface area contributed by atoms with Gasteiger partial charge in [0.15, 0.2) is 6.10 Å². The lowest BCUT2D eigenvalue weighted by Crippen LogP contribution is -2.61. The number of pyridine rings is 1. The molecule has 6 heterocycles. The third-order valence-electron chi connectivity index (χ3n) is 11.0. The highest BCUT2D eigenvalue weighted by Gasteiger charge is 2.37. The summed E-state index contributed by atoms with van der Waals surface area (Å²) in [4.78, 5) is 65.0. The van der Waals surface area contributed by atoms with Gasteiger partial charge in [0.05, 0.1) is 48.0 Å². The molecule has 19 heteroatoms. The zero-order valence-corrected chi connectivity index (χ0v) is 39.7. The Labute approximate surface area is 383 Å². The number of esters is 1. The monoisotopic (exact) mass is 921 g/mol. The Kier molecular flexibility index (Phi) is 18.4. The molecule has 4 atom stereocenters. The number of amides is 3. The summed E-state index contributed by atoms with van der Waals surface area (Å²) in [7, 11) is 1.69. The molecule has 0 radical (unpaired) electrons. The first-order valence-corrected chi connectivity index (χ1v) is 20.2. The van der Waals surface area contributed by atoms with E-state index in [1.54, 1.807) is 18.2 Å². The van der Waals surface area contributed by atoms with Gasteiger partial charge in [0.2, 0.25) is 5.91 Å². The number of ether oxygens (including phenoxy) is 3. The number of hydrogen-bond donors (Lipinski definition) is 2. The van der Waals surface area contributed by atoms with E-state index in [1.165, 1.54) is 23.3 Å². The maximum absolute atomic E-state index is 14.2. The summed E-state index contributed by atoms with van der Waals surface area (Å²) >= 11 is 1.42. The number of carbonyl (C=O) groups excluding carboxylic acids is 4. The van der Waals surface area contributed by atoms with Gasteiger partial charge in [0.1, 0.15) is 12.1 Å². The molecule has 1 aromatic carbocycles. The number of rotatable bonds is 6. The highest BCUT2D eigenvalue weighted by Crippen LogP contribution is 2.42. The number of methoxy groups -OCH3 is 1. The van der Waals surface area contributed by atoms with Crippen LogP contribution >= 0.6 is 65.3 Å². The smallest absolute Gasteiger partial charge is 0.324 e. The maximum Gasteiger partial charge on any atom is 0.324 e. The summed E-state index contributed by atoms with van der Waals surface area (Å²) in [6, 6.07) is 8.65. The fourth-order valence-electron chi connectivity index (χ4n) is 7.92. The van der Waals surface area contributed by atoms with Crippen LogP contribution in [0.4, 0.5) is 0 Å². The Bertz CT molecular complexity index is 2150. The van der Waals surface area contributed by atoms with E-state index in [2.05, 4.69) is 60.3 Å². The summed E-state index contributed by atoms with van der Waals surface area (Å²) in [5.41, 5.74) is 9.35. The first-order valence-electron chi connectivity index (χ1n) is 19.4. The molecule has 7 rings (SSSR count). The number of cyclic esters (lactones) is 1. The molecule has 330 valence electrons. The van der Waals surface area contributed by atoms with E-state index < -0.39 is 41.4 Å². The van der Waals surface area contributed by atoms with Crippen molar-refractivity contribution in [1.82, 2.24) is 35.2 Å². The third kappa shape index (κ3) is 10.8. The molecular weight excluding hydrogens is 863 g/mol. The van der Waals surface area contributed by atoms with E-state index in [0.717, 1.165) is 44.7 Å². The summed E-state index contributed by atoms with van der Waals surface area (Å²) in [5.74, 6) is -1.48. The fraction of sp³-hybridized carbons (Fsp3) is 0.512. The van der Waals surface area contributed by atoms with Gasteiger partial charge in [0, 0.05) is 79.1 Å². The van der Waals surface area contributed by atoms with Crippen molar-refractivity contribution in [2.45, 2.75) is 91.1 Å². The number of thiazole rings is 1. The number of hydrazine groups is 1. The molecule has 3 aliphatic heterocycles. The van der Waals surface area contributed by atoms with E-state index in [4.69, 9.17) is 24.2 Å². The lowest BCUT2D eigenvalue weighted by molar-refractivity contribution is -0.156. The molecule has 3 aliphatic rings. The Morgan fingerprint density at radius 3 is 2.62 bits per heavy atom. The van der Waals surface area contributed by atoms with Gasteiger partial charge in [0.25, 0.3) is 11.8 Å². The van der Waals surface area contributed by atoms with Crippen LogP contribution in [0.25, 0.3) is 33.4 Å². The van der Waals surface area contributed by atoms with Crippen LogP contribution in [-0.2, 0) is 52.8 Å². The first kappa shape index (κ1) is 51.1. The van der Waals surface area contributed by atoms with Crippen LogP contribution < -0.4 is 10.7 Å². The molecule has 14 nitrogen and oxygen atoms in total. The summed E-state index contributed by atoms with van der Waals surface area (Å²) < 4.78 is 19.9. The van der Waals surface area contributed by atoms with Crippen LogP contribution in [0.2, 0.25) is 0 Å². The molecule has 0 aliphatic carbocycles. The molecule has 3 amide bonds. The molecular formula is C41H59N7O7S5. The van der Waals surface area contributed by atoms with Gasteiger partial charge in [-0.25, -0.2) is 10.4 Å². The van der Waals surface area contributed by atoms with Gasteiger partial charge in [-0.05, 0) is 62.9 Å². The van der Waals surface area contributed by atoms with Crippen molar-refractivity contribution in [3.8, 4) is 22.5 Å². The van der Waals surface area contributed by atoms with Crippen molar-refractivity contribution >= 4 is 99.9 Å². The molecule has 0 saturated carbocycles. The molecule has 60 heavy (non-hydrogen) atoms. The standard InChI is InChI=1S/C41H51N7O7S.4H2S/c1-7-47-33-13-12-26-18-28(33)29(37(47)27-10-8-14-42-36(27)24(2)53-6)20-41(4,5)23-55-40(52)30-11-9-15-48(45-30)39(51)31(19-35-43-32(26)22-56-35)44-38(50)34-21-46(25(3)49)16-17-54-34;;;;/h8,10,12-14,18,22,24,30-31,34,45H,7,9,11,15-17,19-21,23H2,1-6H3,(H,44,50);4*1H2/t24-,30-,31-,34-;;;;/m0..../s1. The highest BCUT2D eigenvalue weighted by atomic mass is 32.1. The number of nitrogens with one attached hydrogen (secondary N) is 2. The predicted octanol–water partition coefficient (Wildman–Crippen LogP) is 4.90. The zero-order valence-electron chi connectivity index (χ0n) is 34.9. The minimum Gasteiger partial charge on any atom is -0.464 e. The molecule has 4 aromatic rings. The van der Waals surface area contributed by atoms with Crippen LogP contribution in [0, 0.1) is 5.41 Å². The Morgan fingerprint density at radius 1 is 1.13 bits per heavy atom. The van der Waals surface area contributed by atoms with Gasteiger partial charge < -0.3 is 29.0 Å². The molecule has 2 saturated heterocycles. The van der Waals surface area contributed by atoms with Crippen LogP contribution in [0.5, 0.6) is 0 Å². The van der Waals surface area contributed by atoms with Crippen molar-refractivity contribution < 1.29 is 33.4 Å². The Hall–Kier alpha value is -3.30. The highest BCUT2D eigenvalue weighted by molar-refractivity contribution is 7.59. The van der Waals surface area contributed by atoms with E-state index in [1.807, 2.05) is 18.4 Å². The number of aryl methyl sites for hydroxylation is 1. The van der Waals surface area contributed by atoms with Crippen LogP contribution in [0.1, 0.15) is 69.8 Å². The molecule has 0 unspecified atom stereocenters. The minimum atomic E-state index is -1.02. The lowest BCUT2D eigenvalue weighted by Gasteiger charge is -2.36. The van der Waals surface area contributed by atoms with Crippen LogP contribution in [0.15, 0.2) is 41.9 Å². The first-order chi connectivity index (χ1) is 26.9.